The summed E-state index contributed by atoms with van der Waals surface area (Å²) in [6.45, 7) is 1.97. The van der Waals surface area contributed by atoms with E-state index in [0.717, 1.165) is 5.82 Å². The molecule has 0 saturated heterocycles. The van der Waals surface area contributed by atoms with Gasteiger partial charge in [0, 0.05) is 25.4 Å². The lowest BCUT2D eigenvalue weighted by Gasteiger charge is -2.07. The second kappa shape index (κ2) is 5.86. The molecule has 0 radical (unpaired) electrons. The van der Waals surface area contributed by atoms with E-state index in [4.69, 9.17) is 5.26 Å². The molecule has 0 spiro atoms. The average Bonchev–Trinajstić information content (AvgIpc) is 2.91. The van der Waals surface area contributed by atoms with Crippen molar-refractivity contribution in [3.63, 3.8) is 0 Å². The van der Waals surface area contributed by atoms with Crippen molar-refractivity contribution in [1.82, 2.24) is 14.7 Å². The highest BCUT2D eigenvalue weighted by Crippen LogP contribution is 2.14. The second-order valence-electron chi connectivity index (χ2n) is 4.27. The second-order valence-corrected chi connectivity index (χ2v) is 6.04. The van der Waals surface area contributed by atoms with Gasteiger partial charge in [-0.1, -0.05) is 0 Å². The van der Waals surface area contributed by atoms with Crippen LogP contribution in [0.5, 0.6) is 0 Å². The normalized spacial score (nSPS) is 11.2. The summed E-state index contributed by atoms with van der Waals surface area (Å²) in [5.41, 5.74) is 1.11. The Morgan fingerprint density at radius 1 is 1.45 bits per heavy atom. The zero-order valence-corrected chi connectivity index (χ0v) is 11.7. The number of nitrogens with one attached hydrogen (secondary N) is 2. The van der Waals surface area contributed by atoms with Crippen LogP contribution in [0, 0.1) is 18.3 Å². The number of aromatic amines is 1. The van der Waals surface area contributed by atoms with E-state index >= 15 is 0 Å². The summed E-state index contributed by atoms with van der Waals surface area (Å²) >= 11 is 0. The van der Waals surface area contributed by atoms with Gasteiger partial charge in [0.1, 0.15) is 5.82 Å². The third-order valence-electron chi connectivity index (χ3n) is 2.84. The molecule has 104 valence electrons. The Bertz CT molecular complexity index is 730. The van der Waals surface area contributed by atoms with Gasteiger partial charge in [0.25, 0.3) is 0 Å². The number of nitrogens with zero attached hydrogens (tertiary/aromatic N) is 2. The van der Waals surface area contributed by atoms with E-state index in [1.165, 1.54) is 18.2 Å². The predicted molar refractivity (Wildman–Crippen MR) is 73.4 cm³/mol. The molecule has 0 atom stereocenters. The van der Waals surface area contributed by atoms with E-state index in [1.54, 1.807) is 19.3 Å². The van der Waals surface area contributed by atoms with Gasteiger partial charge in [0.2, 0.25) is 10.0 Å². The molecule has 0 bridgehead atoms. The zero-order valence-electron chi connectivity index (χ0n) is 10.9. The van der Waals surface area contributed by atoms with Gasteiger partial charge in [-0.15, -0.1) is 0 Å². The number of H-pyrrole nitrogens is 1. The molecule has 0 unspecified atom stereocenters. The third kappa shape index (κ3) is 3.23. The molecule has 20 heavy (non-hydrogen) atoms. The van der Waals surface area contributed by atoms with Gasteiger partial charge in [0.15, 0.2) is 0 Å². The highest BCUT2D eigenvalue weighted by molar-refractivity contribution is 7.89. The number of rotatable bonds is 5. The Kier molecular flexibility index (Phi) is 4.17. The molecule has 0 aliphatic carbocycles. The number of sulfonamides is 1. The summed E-state index contributed by atoms with van der Waals surface area (Å²) in [5, 5.41) is 8.83. The highest BCUT2D eigenvalue weighted by atomic mass is 32.2. The minimum Gasteiger partial charge on any atom is -0.349 e. The molecule has 2 aromatic rings. The number of aryl methyl sites for hydroxylation is 1. The van der Waals surface area contributed by atoms with Gasteiger partial charge in [-0.2, -0.15) is 5.26 Å². The molecule has 0 aliphatic rings. The molecule has 0 amide bonds. The summed E-state index contributed by atoms with van der Waals surface area (Å²) in [4.78, 5) is 7.08. The highest BCUT2D eigenvalue weighted by Gasteiger charge is 2.14. The van der Waals surface area contributed by atoms with Crippen LogP contribution in [0.1, 0.15) is 17.0 Å². The summed E-state index contributed by atoms with van der Waals surface area (Å²) in [5.74, 6) is 0.726. The maximum absolute atomic E-state index is 12.1. The van der Waals surface area contributed by atoms with Gasteiger partial charge >= 0.3 is 0 Å². The van der Waals surface area contributed by atoms with E-state index in [9.17, 15) is 8.42 Å². The van der Waals surface area contributed by atoms with Crippen LogP contribution in [0.25, 0.3) is 0 Å². The number of imidazole rings is 1. The molecule has 0 aliphatic heterocycles. The van der Waals surface area contributed by atoms with Gasteiger partial charge in [-0.05, 0) is 30.7 Å². The maximum Gasteiger partial charge on any atom is 0.240 e. The van der Waals surface area contributed by atoms with E-state index in [0.29, 0.717) is 17.5 Å². The van der Waals surface area contributed by atoms with Crippen LogP contribution in [-0.2, 0) is 16.4 Å². The van der Waals surface area contributed by atoms with Crippen LogP contribution in [0.2, 0.25) is 0 Å². The first-order valence-electron chi connectivity index (χ1n) is 6.01. The van der Waals surface area contributed by atoms with Crippen molar-refractivity contribution < 1.29 is 8.42 Å². The number of nitriles is 1. The molecular weight excluding hydrogens is 276 g/mol. The fourth-order valence-corrected chi connectivity index (χ4v) is 2.87. The minimum atomic E-state index is -3.56. The molecule has 6 nitrogen and oxygen atoms in total. The zero-order chi connectivity index (χ0) is 14.6. The Balaban J connectivity index is 2.06. The lowest BCUT2D eigenvalue weighted by Crippen LogP contribution is -2.26. The molecule has 1 heterocycles. The SMILES string of the molecule is Cc1cc(S(=O)(=O)NCCc2ncc[nH]2)ccc1C#N. The lowest BCUT2D eigenvalue weighted by molar-refractivity contribution is 0.581. The smallest absolute Gasteiger partial charge is 0.240 e. The van der Waals surface area contributed by atoms with Crippen LogP contribution in [-0.4, -0.2) is 24.9 Å². The largest absolute Gasteiger partial charge is 0.349 e. The van der Waals surface area contributed by atoms with E-state index < -0.39 is 10.0 Å². The van der Waals surface area contributed by atoms with Crippen molar-refractivity contribution in [2.75, 3.05) is 6.54 Å². The number of hydrogen-bond donors (Lipinski definition) is 2. The Labute approximate surface area is 117 Å². The van der Waals surface area contributed by atoms with Crippen molar-refractivity contribution in [1.29, 1.82) is 5.26 Å². The molecule has 7 heteroatoms. The summed E-state index contributed by atoms with van der Waals surface area (Å²) in [6, 6.07) is 6.44. The quantitative estimate of drug-likeness (QED) is 0.861. The van der Waals surface area contributed by atoms with Crippen molar-refractivity contribution in [3.8, 4) is 6.07 Å². The first-order valence-corrected chi connectivity index (χ1v) is 7.50. The van der Waals surface area contributed by atoms with Crippen LogP contribution in [0.15, 0.2) is 35.5 Å². The predicted octanol–water partition coefficient (Wildman–Crippen LogP) is 1.11. The Morgan fingerprint density at radius 3 is 2.85 bits per heavy atom. The molecule has 2 N–H and O–H groups in total. The Morgan fingerprint density at radius 2 is 2.25 bits per heavy atom. The summed E-state index contributed by atoms with van der Waals surface area (Å²) in [7, 11) is -3.56. The summed E-state index contributed by atoms with van der Waals surface area (Å²) in [6.07, 6.45) is 3.79. The van der Waals surface area contributed by atoms with Crippen LogP contribution >= 0.6 is 0 Å². The molecular formula is C13H14N4O2S. The molecule has 0 fully saturated rings. The van der Waals surface area contributed by atoms with Crippen LogP contribution in [0.4, 0.5) is 0 Å². The fourth-order valence-electron chi connectivity index (χ4n) is 1.75. The first-order chi connectivity index (χ1) is 9.53. The third-order valence-corrected chi connectivity index (χ3v) is 4.30. The molecule has 2 rings (SSSR count). The van der Waals surface area contributed by atoms with Crippen LogP contribution in [0.3, 0.4) is 0 Å². The summed E-state index contributed by atoms with van der Waals surface area (Å²) < 4.78 is 26.7. The van der Waals surface area contributed by atoms with Gasteiger partial charge in [-0.25, -0.2) is 18.1 Å². The van der Waals surface area contributed by atoms with Crippen molar-refractivity contribution in [3.05, 3.63) is 47.5 Å². The molecule has 0 saturated carbocycles. The van der Waals surface area contributed by atoms with Gasteiger partial charge in [0.05, 0.1) is 16.5 Å². The van der Waals surface area contributed by atoms with Crippen molar-refractivity contribution >= 4 is 10.0 Å². The number of aromatic nitrogens is 2. The van der Waals surface area contributed by atoms with Crippen molar-refractivity contribution in [2.45, 2.75) is 18.2 Å². The molecule has 1 aromatic carbocycles. The van der Waals surface area contributed by atoms with Gasteiger partial charge < -0.3 is 4.98 Å². The monoisotopic (exact) mass is 290 g/mol. The van der Waals surface area contributed by atoms with E-state index in [1.807, 2.05) is 6.07 Å². The van der Waals surface area contributed by atoms with Gasteiger partial charge in [-0.3, -0.25) is 0 Å². The minimum absolute atomic E-state index is 0.161. The standard InChI is InChI=1S/C13H14N4O2S/c1-10-8-12(3-2-11(10)9-14)20(18,19)17-5-4-13-15-6-7-16-13/h2-3,6-8,17H,4-5H2,1H3,(H,15,16). The lowest BCUT2D eigenvalue weighted by atomic mass is 10.1. The Hall–Kier alpha value is -2.17. The first kappa shape index (κ1) is 14.2. The number of hydrogen-bond acceptors (Lipinski definition) is 4. The van der Waals surface area contributed by atoms with Crippen LogP contribution < -0.4 is 4.72 Å². The number of benzene rings is 1. The van der Waals surface area contributed by atoms with E-state index in [2.05, 4.69) is 14.7 Å². The maximum atomic E-state index is 12.1. The van der Waals surface area contributed by atoms with Crippen molar-refractivity contribution in [2.24, 2.45) is 0 Å². The fraction of sp³-hybridized carbons (Fsp3) is 0.231. The van der Waals surface area contributed by atoms with E-state index in [-0.39, 0.29) is 11.4 Å². The topological polar surface area (TPSA) is 98.6 Å². The molecule has 1 aromatic heterocycles. The average molecular weight is 290 g/mol.